The van der Waals surface area contributed by atoms with E-state index in [1.807, 2.05) is 4.90 Å². The molecule has 0 spiro atoms. The van der Waals surface area contributed by atoms with E-state index < -0.39 is 22.4 Å². The molecule has 0 bridgehead atoms. The molecule has 0 saturated carbocycles. The summed E-state index contributed by atoms with van der Waals surface area (Å²) in [5, 5.41) is 21.2. The van der Waals surface area contributed by atoms with Crippen LogP contribution in [-0.4, -0.2) is 31.4 Å². The predicted octanol–water partition coefficient (Wildman–Crippen LogP) is 3.63. The summed E-state index contributed by atoms with van der Waals surface area (Å²) in [6, 6.07) is 8.61. The first-order valence-electron chi connectivity index (χ1n) is 9.61. The number of nitro benzene ring substituents is 1. The molecule has 0 saturated heterocycles. The van der Waals surface area contributed by atoms with Gasteiger partial charge in [-0.3, -0.25) is 19.8 Å². The average Bonchev–Trinajstić information content (AvgIpc) is 2.74. The highest BCUT2D eigenvalue weighted by Gasteiger charge is 2.30. The highest BCUT2D eigenvalue weighted by Crippen LogP contribution is 2.32. The molecule has 2 aromatic carbocycles. The van der Waals surface area contributed by atoms with Gasteiger partial charge in [0.2, 0.25) is 0 Å². The Morgan fingerprint density at radius 2 is 1.91 bits per heavy atom. The van der Waals surface area contributed by atoms with E-state index in [-0.39, 0.29) is 30.2 Å². The molecule has 8 nitrogen and oxygen atoms in total. The summed E-state index contributed by atoms with van der Waals surface area (Å²) in [7, 11) is 0. The molecular weight excluding hydrogens is 429 g/mol. The number of aromatic hydroxyl groups is 1. The molecule has 2 heterocycles. The fraction of sp³-hybridized carbons (Fsp3) is 0.238. The standard InChI is InChI=1S/C21H17F3N4O4/c22-21(23,24)14-6-4-12(5-7-14)19-25-16-11-27(9-8-15(16)20(30)26-19)10-13-2-1-3-17(18(13)29)28(31)32/h1-7,29H,8-11H2,(H,25,26,30). The summed E-state index contributed by atoms with van der Waals surface area (Å²) in [4.78, 5) is 31.8. The minimum Gasteiger partial charge on any atom is -0.502 e. The molecule has 3 aromatic rings. The summed E-state index contributed by atoms with van der Waals surface area (Å²) < 4.78 is 38.4. The van der Waals surface area contributed by atoms with E-state index in [4.69, 9.17) is 0 Å². The first-order valence-corrected chi connectivity index (χ1v) is 9.61. The molecule has 1 aliphatic heterocycles. The zero-order valence-electron chi connectivity index (χ0n) is 16.5. The van der Waals surface area contributed by atoms with Crippen LogP contribution >= 0.6 is 0 Å². The molecule has 0 amide bonds. The predicted molar refractivity (Wildman–Crippen MR) is 108 cm³/mol. The lowest BCUT2D eigenvalue weighted by molar-refractivity contribution is -0.385. The zero-order chi connectivity index (χ0) is 23.0. The summed E-state index contributed by atoms with van der Waals surface area (Å²) in [6.45, 7) is 0.922. The van der Waals surface area contributed by atoms with Crippen molar-refractivity contribution >= 4 is 5.69 Å². The third kappa shape index (κ3) is 4.19. The maximum Gasteiger partial charge on any atom is 0.416 e. The molecule has 4 rings (SSSR count). The Balaban J connectivity index is 1.60. The molecule has 0 aliphatic carbocycles. The van der Waals surface area contributed by atoms with Crippen LogP contribution in [0.3, 0.4) is 0 Å². The van der Waals surface area contributed by atoms with Crippen molar-refractivity contribution in [1.29, 1.82) is 0 Å². The van der Waals surface area contributed by atoms with Crippen LogP contribution in [0.1, 0.15) is 22.4 Å². The van der Waals surface area contributed by atoms with Gasteiger partial charge in [-0.05, 0) is 18.6 Å². The number of nitro groups is 1. The van der Waals surface area contributed by atoms with Crippen molar-refractivity contribution in [3.05, 3.63) is 85.3 Å². The van der Waals surface area contributed by atoms with Gasteiger partial charge in [-0.1, -0.05) is 24.3 Å². The van der Waals surface area contributed by atoms with E-state index in [2.05, 4.69) is 9.97 Å². The van der Waals surface area contributed by atoms with E-state index in [0.717, 1.165) is 12.1 Å². The Hall–Kier alpha value is -3.73. The molecular formula is C21H17F3N4O4. The quantitative estimate of drug-likeness (QED) is 0.468. The molecule has 32 heavy (non-hydrogen) atoms. The number of fused-ring (bicyclic) bond motifs is 1. The number of hydrogen-bond donors (Lipinski definition) is 2. The SMILES string of the molecule is O=c1[nH]c(-c2ccc(C(F)(F)F)cc2)nc2c1CCN(Cc1cccc([N+](=O)[O-])c1O)C2. The van der Waals surface area contributed by atoms with Crippen molar-refractivity contribution in [1.82, 2.24) is 14.9 Å². The molecule has 0 unspecified atom stereocenters. The number of nitrogens with zero attached hydrogens (tertiary/aromatic N) is 3. The fourth-order valence-corrected chi connectivity index (χ4v) is 3.68. The normalized spacial score (nSPS) is 14.2. The Labute approximate surface area is 179 Å². The number of aromatic amines is 1. The average molecular weight is 446 g/mol. The third-order valence-electron chi connectivity index (χ3n) is 5.33. The number of phenols is 1. The number of hydrogen-bond acceptors (Lipinski definition) is 6. The van der Waals surface area contributed by atoms with Gasteiger partial charge in [-0.2, -0.15) is 13.2 Å². The lowest BCUT2D eigenvalue weighted by atomic mass is 10.0. The lowest BCUT2D eigenvalue weighted by Gasteiger charge is -2.27. The second-order valence-electron chi connectivity index (χ2n) is 7.42. The first-order chi connectivity index (χ1) is 15.1. The third-order valence-corrected chi connectivity index (χ3v) is 5.33. The van der Waals surface area contributed by atoms with Crippen LogP contribution < -0.4 is 5.56 Å². The van der Waals surface area contributed by atoms with Crippen LogP contribution in [0.15, 0.2) is 47.3 Å². The van der Waals surface area contributed by atoms with Crippen LogP contribution in [0.5, 0.6) is 5.75 Å². The number of phenolic OH excluding ortho intramolecular Hbond substituents is 1. The van der Waals surface area contributed by atoms with Crippen LogP contribution in [0.2, 0.25) is 0 Å². The van der Waals surface area contributed by atoms with E-state index in [1.54, 1.807) is 6.07 Å². The Kier molecular flexibility index (Phi) is 5.43. The van der Waals surface area contributed by atoms with Gasteiger partial charge in [0.15, 0.2) is 5.75 Å². The van der Waals surface area contributed by atoms with Crippen LogP contribution in [0.25, 0.3) is 11.4 Å². The number of halogens is 3. The van der Waals surface area contributed by atoms with Gasteiger partial charge in [-0.25, -0.2) is 4.98 Å². The van der Waals surface area contributed by atoms with Crippen LogP contribution in [0.4, 0.5) is 18.9 Å². The molecule has 11 heteroatoms. The van der Waals surface area contributed by atoms with E-state index in [1.165, 1.54) is 24.3 Å². The van der Waals surface area contributed by atoms with Crippen LogP contribution in [0, 0.1) is 10.1 Å². The molecule has 1 aliphatic rings. The first kappa shape index (κ1) is 21.5. The Morgan fingerprint density at radius 3 is 2.56 bits per heavy atom. The lowest BCUT2D eigenvalue weighted by Crippen LogP contribution is -2.35. The van der Waals surface area contributed by atoms with E-state index in [0.29, 0.717) is 35.3 Å². The number of H-pyrrole nitrogens is 1. The van der Waals surface area contributed by atoms with Crippen LogP contribution in [-0.2, 0) is 25.7 Å². The number of nitrogens with one attached hydrogen (secondary N) is 1. The van der Waals surface area contributed by atoms with Gasteiger partial charge in [0.25, 0.3) is 5.56 Å². The van der Waals surface area contributed by atoms with Gasteiger partial charge in [0.1, 0.15) is 5.82 Å². The maximum atomic E-state index is 12.8. The van der Waals surface area contributed by atoms with Gasteiger partial charge >= 0.3 is 11.9 Å². The molecule has 0 fully saturated rings. The van der Waals surface area contributed by atoms with Gasteiger partial charge in [0.05, 0.1) is 16.2 Å². The highest BCUT2D eigenvalue weighted by molar-refractivity contribution is 5.56. The van der Waals surface area contributed by atoms with Crippen molar-refractivity contribution in [3.63, 3.8) is 0 Å². The van der Waals surface area contributed by atoms with Crippen molar-refractivity contribution in [2.75, 3.05) is 6.54 Å². The number of rotatable bonds is 4. The Bertz CT molecular complexity index is 1240. The summed E-state index contributed by atoms with van der Waals surface area (Å²) >= 11 is 0. The molecule has 0 radical (unpaired) electrons. The molecule has 1 aromatic heterocycles. The summed E-state index contributed by atoms with van der Waals surface area (Å²) in [5.41, 5.74) is 0.119. The molecule has 2 N–H and O–H groups in total. The second-order valence-corrected chi connectivity index (χ2v) is 7.42. The zero-order valence-corrected chi connectivity index (χ0v) is 16.5. The number of aromatic nitrogens is 2. The van der Waals surface area contributed by atoms with Crippen molar-refractivity contribution in [2.45, 2.75) is 25.7 Å². The molecule has 166 valence electrons. The van der Waals surface area contributed by atoms with E-state index in [9.17, 15) is 33.2 Å². The van der Waals surface area contributed by atoms with Gasteiger partial charge < -0.3 is 10.1 Å². The monoisotopic (exact) mass is 446 g/mol. The Morgan fingerprint density at radius 1 is 1.19 bits per heavy atom. The second kappa shape index (κ2) is 8.08. The minimum atomic E-state index is -4.46. The maximum absolute atomic E-state index is 12.8. The summed E-state index contributed by atoms with van der Waals surface area (Å²) in [5.74, 6) is -0.255. The van der Waals surface area contributed by atoms with Gasteiger partial charge in [-0.15, -0.1) is 0 Å². The fourth-order valence-electron chi connectivity index (χ4n) is 3.68. The summed E-state index contributed by atoms with van der Waals surface area (Å²) in [6.07, 6.45) is -4.09. The number of alkyl halides is 3. The smallest absolute Gasteiger partial charge is 0.416 e. The van der Waals surface area contributed by atoms with Crippen molar-refractivity contribution < 1.29 is 23.2 Å². The van der Waals surface area contributed by atoms with Crippen molar-refractivity contribution in [2.24, 2.45) is 0 Å². The van der Waals surface area contributed by atoms with Crippen molar-refractivity contribution in [3.8, 4) is 17.1 Å². The minimum absolute atomic E-state index is 0.155. The highest BCUT2D eigenvalue weighted by atomic mass is 19.4. The number of benzene rings is 2. The largest absolute Gasteiger partial charge is 0.502 e. The van der Waals surface area contributed by atoms with E-state index >= 15 is 0 Å². The molecule has 0 atom stereocenters. The van der Waals surface area contributed by atoms with Gasteiger partial charge in [0, 0.05) is 42.4 Å². The number of para-hydroxylation sites is 1. The topological polar surface area (TPSA) is 112 Å².